The number of pyridine rings is 1. The number of benzene rings is 2. The highest BCUT2D eigenvalue weighted by molar-refractivity contribution is 5.99. The van der Waals surface area contributed by atoms with E-state index in [1.54, 1.807) is 23.2 Å². The van der Waals surface area contributed by atoms with E-state index in [-0.39, 0.29) is 17.2 Å². The number of nitrogens with zero attached hydrogens (tertiary/aromatic N) is 3. The van der Waals surface area contributed by atoms with Gasteiger partial charge in [-0.15, -0.1) is 0 Å². The largest absolute Gasteiger partial charge is 0.381 e. The first-order valence-corrected chi connectivity index (χ1v) is 9.28. The number of fused-ring (bicyclic) bond motifs is 1. The minimum Gasteiger partial charge on any atom is -0.381 e. The van der Waals surface area contributed by atoms with Crippen LogP contribution in [0.25, 0.3) is 10.9 Å². The molecule has 2 heterocycles. The van der Waals surface area contributed by atoms with Gasteiger partial charge in [-0.3, -0.25) is 19.9 Å². The Bertz CT molecular complexity index is 1040. The number of amides is 1. The molecule has 142 valence electrons. The molecule has 28 heavy (non-hydrogen) atoms. The molecular formula is C21H20N4O3. The van der Waals surface area contributed by atoms with Crippen LogP contribution in [0.4, 0.5) is 11.4 Å². The topological polar surface area (TPSA) is 88.4 Å². The zero-order valence-electron chi connectivity index (χ0n) is 15.3. The number of carbonyl (C=O) groups is 1. The summed E-state index contributed by atoms with van der Waals surface area (Å²) in [6.07, 6.45) is 3.63. The van der Waals surface area contributed by atoms with Gasteiger partial charge in [0.2, 0.25) is 0 Å². The Morgan fingerprint density at radius 2 is 1.93 bits per heavy atom. The fourth-order valence-electron chi connectivity index (χ4n) is 3.57. The number of nitro benzene ring substituents is 1. The third-order valence-electron chi connectivity index (χ3n) is 5.02. The molecule has 1 amide bonds. The zero-order chi connectivity index (χ0) is 19.5. The van der Waals surface area contributed by atoms with Crippen LogP contribution in [0.3, 0.4) is 0 Å². The lowest BCUT2D eigenvalue weighted by Gasteiger charge is -2.16. The molecule has 0 radical (unpaired) electrons. The first kappa shape index (κ1) is 17.9. The number of hydrogen-bond acceptors (Lipinski definition) is 5. The molecule has 1 fully saturated rings. The van der Waals surface area contributed by atoms with Gasteiger partial charge in [-0.2, -0.15) is 0 Å². The first-order chi connectivity index (χ1) is 13.6. The van der Waals surface area contributed by atoms with Crippen molar-refractivity contribution >= 4 is 28.2 Å². The predicted molar refractivity (Wildman–Crippen MR) is 107 cm³/mol. The quantitative estimate of drug-likeness (QED) is 0.537. The van der Waals surface area contributed by atoms with Gasteiger partial charge in [-0.25, -0.2) is 0 Å². The summed E-state index contributed by atoms with van der Waals surface area (Å²) in [5.74, 6) is -0.278. The molecular weight excluding hydrogens is 356 g/mol. The average molecular weight is 376 g/mol. The number of anilines is 1. The third-order valence-corrected chi connectivity index (χ3v) is 5.02. The second-order valence-corrected chi connectivity index (χ2v) is 6.83. The molecule has 0 unspecified atom stereocenters. The summed E-state index contributed by atoms with van der Waals surface area (Å²) in [6.45, 7) is 1.80. The Morgan fingerprint density at radius 1 is 1.14 bits per heavy atom. The van der Waals surface area contributed by atoms with E-state index in [1.807, 2.05) is 30.3 Å². The molecule has 1 aliphatic rings. The van der Waals surface area contributed by atoms with Crippen LogP contribution in [0, 0.1) is 10.1 Å². The van der Waals surface area contributed by atoms with Crippen molar-refractivity contribution in [3.63, 3.8) is 0 Å². The smallest absolute Gasteiger partial charge is 0.282 e. The SMILES string of the molecule is O=C(c1cc(NCc2cccc3cccnc23)ccc1[N+](=O)[O-])N1CCCC1. The fourth-order valence-corrected chi connectivity index (χ4v) is 3.57. The number of aromatic nitrogens is 1. The van der Waals surface area contributed by atoms with E-state index in [9.17, 15) is 14.9 Å². The summed E-state index contributed by atoms with van der Waals surface area (Å²) in [4.78, 5) is 29.8. The second-order valence-electron chi connectivity index (χ2n) is 6.83. The number of carbonyl (C=O) groups excluding carboxylic acids is 1. The Hall–Kier alpha value is -3.48. The van der Waals surface area contributed by atoms with Gasteiger partial charge in [0, 0.05) is 43.0 Å². The third kappa shape index (κ3) is 3.51. The molecule has 3 aromatic rings. The summed E-state index contributed by atoms with van der Waals surface area (Å²) < 4.78 is 0. The number of hydrogen-bond donors (Lipinski definition) is 1. The molecule has 0 bridgehead atoms. The fraction of sp³-hybridized carbons (Fsp3) is 0.238. The highest BCUT2D eigenvalue weighted by atomic mass is 16.6. The number of para-hydroxylation sites is 1. The predicted octanol–water partition coefficient (Wildman–Crippen LogP) is 3.99. The average Bonchev–Trinajstić information content (AvgIpc) is 3.26. The summed E-state index contributed by atoms with van der Waals surface area (Å²) in [5, 5.41) is 15.7. The summed E-state index contributed by atoms with van der Waals surface area (Å²) >= 11 is 0. The van der Waals surface area contributed by atoms with Gasteiger partial charge in [0.25, 0.3) is 11.6 Å². The summed E-state index contributed by atoms with van der Waals surface area (Å²) in [5.41, 5.74) is 2.57. The van der Waals surface area contributed by atoms with Gasteiger partial charge in [-0.05, 0) is 36.6 Å². The van der Waals surface area contributed by atoms with Crippen molar-refractivity contribution in [3.8, 4) is 0 Å². The lowest BCUT2D eigenvalue weighted by atomic mass is 10.1. The van der Waals surface area contributed by atoms with E-state index in [2.05, 4.69) is 10.3 Å². The van der Waals surface area contributed by atoms with E-state index in [4.69, 9.17) is 0 Å². The lowest BCUT2D eigenvalue weighted by Crippen LogP contribution is -2.28. The maximum absolute atomic E-state index is 12.8. The van der Waals surface area contributed by atoms with Gasteiger partial charge in [-0.1, -0.05) is 24.3 Å². The van der Waals surface area contributed by atoms with Crippen LogP contribution in [0.15, 0.2) is 54.7 Å². The highest BCUT2D eigenvalue weighted by Crippen LogP contribution is 2.26. The Balaban J connectivity index is 1.60. The number of nitrogens with one attached hydrogen (secondary N) is 1. The van der Waals surface area contributed by atoms with Gasteiger partial charge in [0.1, 0.15) is 5.56 Å². The van der Waals surface area contributed by atoms with Gasteiger partial charge >= 0.3 is 0 Å². The van der Waals surface area contributed by atoms with Crippen LogP contribution in [0.1, 0.15) is 28.8 Å². The van der Waals surface area contributed by atoms with Gasteiger partial charge in [0.15, 0.2) is 0 Å². The molecule has 0 spiro atoms. The van der Waals surface area contributed by atoms with Crippen molar-refractivity contribution in [2.45, 2.75) is 19.4 Å². The van der Waals surface area contributed by atoms with E-state index in [1.165, 1.54) is 6.07 Å². The normalized spacial score (nSPS) is 13.6. The molecule has 0 aliphatic carbocycles. The van der Waals surface area contributed by atoms with Crippen LogP contribution < -0.4 is 5.32 Å². The molecule has 1 N–H and O–H groups in total. The molecule has 7 nitrogen and oxygen atoms in total. The Labute approximate surface area is 162 Å². The van der Waals surface area contributed by atoms with Crippen LogP contribution in [0.5, 0.6) is 0 Å². The van der Waals surface area contributed by atoms with Crippen LogP contribution >= 0.6 is 0 Å². The molecule has 1 saturated heterocycles. The van der Waals surface area contributed by atoms with E-state index in [0.717, 1.165) is 29.3 Å². The molecule has 4 rings (SSSR count). The van der Waals surface area contributed by atoms with Crippen LogP contribution in [-0.4, -0.2) is 33.8 Å². The first-order valence-electron chi connectivity index (χ1n) is 9.28. The van der Waals surface area contributed by atoms with Crippen molar-refractivity contribution in [2.24, 2.45) is 0 Å². The minimum absolute atomic E-state index is 0.132. The molecule has 0 atom stereocenters. The molecule has 1 aliphatic heterocycles. The maximum Gasteiger partial charge on any atom is 0.282 e. The van der Waals surface area contributed by atoms with Gasteiger partial charge < -0.3 is 10.2 Å². The Kier molecular flexibility index (Phi) is 4.89. The minimum atomic E-state index is -0.498. The van der Waals surface area contributed by atoms with Gasteiger partial charge in [0.05, 0.1) is 10.4 Å². The summed E-state index contributed by atoms with van der Waals surface area (Å²) in [6, 6.07) is 14.5. The molecule has 2 aromatic carbocycles. The van der Waals surface area contributed by atoms with Crippen molar-refractivity contribution in [1.82, 2.24) is 9.88 Å². The molecule has 7 heteroatoms. The van der Waals surface area contributed by atoms with E-state index in [0.29, 0.717) is 25.3 Å². The molecule has 0 saturated carbocycles. The number of likely N-dealkylation sites (tertiary alicyclic amines) is 1. The Morgan fingerprint density at radius 3 is 2.71 bits per heavy atom. The zero-order valence-corrected chi connectivity index (χ0v) is 15.3. The lowest BCUT2D eigenvalue weighted by molar-refractivity contribution is -0.385. The molecule has 1 aromatic heterocycles. The van der Waals surface area contributed by atoms with Crippen molar-refractivity contribution in [2.75, 3.05) is 18.4 Å². The maximum atomic E-state index is 12.8. The highest BCUT2D eigenvalue weighted by Gasteiger charge is 2.26. The van der Waals surface area contributed by atoms with E-state index >= 15 is 0 Å². The van der Waals surface area contributed by atoms with E-state index < -0.39 is 4.92 Å². The number of nitro groups is 1. The van der Waals surface area contributed by atoms with Crippen LogP contribution in [0.2, 0.25) is 0 Å². The summed E-state index contributed by atoms with van der Waals surface area (Å²) in [7, 11) is 0. The van der Waals surface area contributed by atoms with Crippen LogP contribution in [-0.2, 0) is 6.54 Å². The van der Waals surface area contributed by atoms with Crippen molar-refractivity contribution in [3.05, 3.63) is 76.0 Å². The van der Waals surface area contributed by atoms with Crippen molar-refractivity contribution in [1.29, 1.82) is 0 Å². The van der Waals surface area contributed by atoms with Crippen molar-refractivity contribution < 1.29 is 9.72 Å². The standard InChI is InChI=1S/C21H20N4O3/c26-21(24-11-1-2-12-24)18-13-17(8-9-19(18)25(27)28)23-14-16-6-3-5-15-7-4-10-22-20(15)16/h3-10,13,23H,1-2,11-12,14H2. The second kappa shape index (κ2) is 7.64. The number of rotatable bonds is 5. The monoisotopic (exact) mass is 376 g/mol.